The number of hydrogen-bond acceptors (Lipinski definition) is 4. The largest absolute Gasteiger partial charge is 0.493 e. The molecule has 0 saturated carbocycles. The van der Waals surface area contributed by atoms with E-state index in [0.717, 1.165) is 0 Å². The first-order chi connectivity index (χ1) is 10.6. The molecule has 0 spiro atoms. The normalized spacial score (nSPS) is 10.0. The SMILES string of the molecule is O=C(CCOc1ccc(Cl)cc1)Nc1ccccc1[N+](=O)[O-]. The summed E-state index contributed by atoms with van der Waals surface area (Å²) in [6, 6.07) is 12.7. The Labute approximate surface area is 131 Å². The molecule has 7 heteroatoms. The summed E-state index contributed by atoms with van der Waals surface area (Å²) in [7, 11) is 0. The Morgan fingerprint density at radius 2 is 1.86 bits per heavy atom. The Morgan fingerprint density at radius 1 is 1.18 bits per heavy atom. The first-order valence-electron chi connectivity index (χ1n) is 6.48. The molecule has 0 heterocycles. The van der Waals surface area contributed by atoms with Crippen LogP contribution in [0.15, 0.2) is 48.5 Å². The van der Waals surface area contributed by atoms with Gasteiger partial charge in [-0.15, -0.1) is 0 Å². The molecule has 0 saturated heterocycles. The van der Waals surface area contributed by atoms with Gasteiger partial charge in [-0.2, -0.15) is 0 Å². The number of hydrogen-bond donors (Lipinski definition) is 1. The number of carbonyl (C=O) groups excluding carboxylic acids is 1. The molecule has 0 unspecified atom stereocenters. The summed E-state index contributed by atoms with van der Waals surface area (Å²) in [5, 5.41) is 14.0. The average Bonchev–Trinajstić information content (AvgIpc) is 2.49. The number of para-hydroxylation sites is 2. The van der Waals surface area contributed by atoms with E-state index in [4.69, 9.17) is 16.3 Å². The van der Waals surface area contributed by atoms with Crippen molar-refractivity contribution in [2.24, 2.45) is 0 Å². The molecule has 2 rings (SSSR count). The summed E-state index contributed by atoms with van der Waals surface area (Å²) in [6.07, 6.45) is 0.0781. The summed E-state index contributed by atoms with van der Waals surface area (Å²) < 4.78 is 5.39. The number of amides is 1. The molecule has 0 aromatic heterocycles. The van der Waals surface area contributed by atoms with Gasteiger partial charge in [-0.3, -0.25) is 14.9 Å². The lowest BCUT2D eigenvalue weighted by atomic mass is 10.2. The van der Waals surface area contributed by atoms with Gasteiger partial charge in [-0.1, -0.05) is 23.7 Å². The van der Waals surface area contributed by atoms with E-state index in [1.807, 2.05) is 0 Å². The Hall–Kier alpha value is -2.60. The highest BCUT2D eigenvalue weighted by Crippen LogP contribution is 2.23. The van der Waals surface area contributed by atoms with E-state index in [-0.39, 0.29) is 30.3 Å². The predicted octanol–water partition coefficient (Wildman–Crippen LogP) is 3.66. The number of nitrogens with one attached hydrogen (secondary N) is 1. The van der Waals surface area contributed by atoms with Crippen LogP contribution in [0.1, 0.15) is 6.42 Å². The Bertz CT molecular complexity index is 673. The lowest BCUT2D eigenvalue weighted by Gasteiger charge is -2.07. The first kappa shape index (κ1) is 15.8. The second-order valence-electron chi connectivity index (χ2n) is 4.37. The molecule has 2 aromatic rings. The fraction of sp³-hybridized carbons (Fsp3) is 0.133. The molecule has 0 aliphatic rings. The quantitative estimate of drug-likeness (QED) is 0.650. The van der Waals surface area contributed by atoms with Crippen LogP contribution in [0.3, 0.4) is 0 Å². The molecular weight excluding hydrogens is 308 g/mol. The maximum atomic E-state index is 11.8. The molecule has 0 radical (unpaired) electrons. The van der Waals surface area contributed by atoms with Crippen molar-refractivity contribution in [3.05, 3.63) is 63.7 Å². The number of rotatable bonds is 6. The molecule has 0 fully saturated rings. The smallest absolute Gasteiger partial charge is 0.292 e. The zero-order valence-electron chi connectivity index (χ0n) is 11.5. The van der Waals surface area contributed by atoms with Crippen LogP contribution in [-0.2, 0) is 4.79 Å². The molecule has 0 aliphatic carbocycles. The Kier molecular flexibility index (Phi) is 5.32. The fourth-order valence-electron chi connectivity index (χ4n) is 1.74. The number of ether oxygens (including phenoxy) is 1. The van der Waals surface area contributed by atoms with E-state index in [1.165, 1.54) is 18.2 Å². The van der Waals surface area contributed by atoms with Crippen LogP contribution >= 0.6 is 11.6 Å². The van der Waals surface area contributed by atoms with Crippen molar-refractivity contribution in [2.45, 2.75) is 6.42 Å². The third-order valence-electron chi connectivity index (χ3n) is 2.79. The summed E-state index contributed by atoms with van der Waals surface area (Å²) in [6.45, 7) is 0.161. The van der Waals surface area contributed by atoms with Gasteiger partial charge in [0.15, 0.2) is 0 Å². The third-order valence-corrected chi connectivity index (χ3v) is 3.04. The van der Waals surface area contributed by atoms with Gasteiger partial charge >= 0.3 is 0 Å². The van der Waals surface area contributed by atoms with Gasteiger partial charge in [0, 0.05) is 11.1 Å². The van der Waals surface area contributed by atoms with Gasteiger partial charge in [0.25, 0.3) is 5.69 Å². The highest BCUT2D eigenvalue weighted by Gasteiger charge is 2.14. The van der Waals surface area contributed by atoms with Gasteiger partial charge in [0.05, 0.1) is 18.0 Å². The monoisotopic (exact) mass is 320 g/mol. The minimum Gasteiger partial charge on any atom is -0.493 e. The number of benzene rings is 2. The van der Waals surface area contributed by atoms with Crippen molar-refractivity contribution in [1.29, 1.82) is 0 Å². The Balaban J connectivity index is 1.86. The van der Waals surface area contributed by atoms with E-state index in [1.54, 1.807) is 30.3 Å². The van der Waals surface area contributed by atoms with Crippen molar-refractivity contribution >= 4 is 28.9 Å². The van der Waals surface area contributed by atoms with Gasteiger partial charge in [0.2, 0.25) is 5.91 Å². The lowest BCUT2D eigenvalue weighted by molar-refractivity contribution is -0.383. The predicted molar refractivity (Wildman–Crippen MR) is 83.3 cm³/mol. The van der Waals surface area contributed by atoms with Crippen LogP contribution < -0.4 is 10.1 Å². The summed E-state index contributed by atoms with van der Waals surface area (Å²) in [5.74, 6) is 0.242. The third kappa shape index (κ3) is 4.46. The van der Waals surface area contributed by atoms with Crippen molar-refractivity contribution < 1.29 is 14.5 Å². The molecule has 1 N–H and O–H groups in total. The van der Waals surface area contributed by atoms with Crippen LogP contribution in [0, 0.1) is 10.1 Å². The van der Waals surface area contributed by atoms with Crippen molar-refractivity contribution in [1.82, 2.24) is 0 Å². The maximum absolute atomic E-state index is 11.8. The molecule has 6 nitrogen and oxygen atoms in total. The molecule has 0 bridgehead atoms. The standard InChI is InChI=1S/C15H13ClN2O4/c16-11-5-7-12(8-6-11)22-10-9-15(19)17-13-3-1-2-4-14(13)18(20)21/h1-8H,9-10H2,(H,17,19). The van der Waals surface area contributed by atoms with Crippen molar-refractivity contribution in [3.63, 3.8) is 0 Å². The van der Waals surface area contributed by atoms with E-state index >= 15 is 0 Å². The molecule has 114 valence electrons. The summed E-state index contributed by atoms with van der Waals surface area (Å²) >= 11 is 5.75. The van der Waals surface area contributed by atoms with Crippen molar-refractivity contribution in [3.8, 4) is 5.75 Å². The molecule has 2 aromatic carbocycles. The molecule has 0 atom stereocenters. The summed E-state index contributed by atoms with van der Waals surface area (Å²) in [4.78, 5) is 22.1. The van der Waals surface area contributed by atoms with Gasteiger partial charge in [-0.25, -0.2) is 0 Å². The topological polar surface area (TPSA) is 81.5 Å². The number of nitrogens with zero attached hydrogens (tertiary/aromatic N) is 1. The molecule has 0 aliphatic heterocycles. The number of anilines is 1. The average molecular weight is 321 g/mol. The number of nitro groups is 1. The van der Waals surface area contributed by atoms with E-state index < -0.39 is 4.92 Å². The Morgan fingerprint density at radius 3 is 2.55 bits per heavy atom. The maximum Gasteiger partial charge on any atom is 0.292 e. The highest BCUT2D eigenvalue weighted by atomic mass is 35.5. The lowest BCUT2D eigenvalue weighted by Crippen LogP contribution is -2.16. The van der Waals surface area contributed by atoms with Gasteiger partial charge in [-0.05, 0) is 30.3 Å². The van der Waals surface area contributed by atoms with E-state index in [0.29, 0.717) is 10.8 Å². The zero-order valence-corrected chi connectivity index (χ0v) is 12.2. The van der Waals surface area contributed by atoms with Crippen LogP contribution in [0.2, 0.25) is 5.02 Å². The van der Waals surface area contributed by atoms with Crippen LogP contribution in [-0.4, -0.2) is 17.4 Å². The number of halogens is 1. The minimum atomic E-state index is -0.542. The van der Waals surface area contributed by atoms with Crippen LogP contribution in [0.5, 0.6) is 5.75 Å². The van der Waals surface area contributed by atoms with Gasteiger partial charge < -0.3 is 10.1 Å². The van der Waals surface area contributed by atoms with Crippen molar-refractivity contribution in [2.75, 3.05) is 11.9 Å². The highest BCUT2D eigenvalue weighted by molar-refractivity contribution is 6.30. The molecule has 1 amide bonds. The molecular formula is C15H13ClN2O4. The zero-order chi connectivity index (χ0) is 15.9. The number of nitro benzene ring substituents is 1. The summed E-state index contributed by atoms with van der Waals surface area (Å²) in [5.41, 5.74) is 0.0264. The van der Waals surface area contributed by atoms with Crippen LogP contribution in [0.25, 0.3) is 0 Å². The second kappa shape index (κ2) is 7.42. The molecule has 22 heavy (non-hydrogen) atoms. The minimum absolute atomic E-state index is 0.0781. The first-order valence-corrected chi connectivity index (χ1v) is 6.85. The van der Waals surface area contributed by atoms with E-state index in [9.17, 15) is 14.9 Å². The number of carbonyl (C=O) groups is 1. The van der Waals surface area contributed by atoms with E-state index in [2.05, 4.69) is 5.32 Å². The fourth-order valence-corrected chi connectivity index (χ4v) is 1.87. The van der Waals surface area contributed by atoms with Crippen LogP contribution in [0.4, 0.5) is 11.4 Å². The van der Waals surface area contributed by atoms with Gasteiger partial charge in [0.1, 0.15) is 11.4 Å². The second-order valence-corrected chi connectivity index (χ2v) is 4.81.